The van der Waals surface area contributed by atoms with Gasteiger partial charge in [-0.2, -0.15) is 0 Å². The molecule has 1 aliphatic heterocycles. The maximum absolute atomic E-state index is 11.5. The van der Waals surface area contributed by atoms with Crippen molar-refractivity contribution in [3.63, 3.8) is 0 Å². The molecule has 2 heterocycles. The summed E-state index contributed by atoms with van der Waals surface area (Å²) in [7, 11) is 0. The number of rotatable bonds is 6. The van der Waals surface area contributed by atoms with Gasteiger partial charge in [-0.05, 0) is 61.4 Å². The fraction of sp³-hybridized carbons (Fsp3) is 0.280. The van der Waals surface area contributed by atoms with Crippen LogP contribution in [0.5, 0.6) is 11.5 Å². The lowest BCUT2D eigenvalue weighted by Gasteiger charge is -2.20. The van der Waals surface area contributed by atoms with Gasteiger partial charge in [0.15, 0.2) is 0 Å². The van der Waals surface area contributed by atoms with Crippen LogP contribution < -0.4 is 15.0 Å². The van der Waals surface area contributed by atoms with Crippen molar-refractivity contribution in [1.29, 1.82) is 0 Å². The number of benzene rings is 2. The SMILES string of the molecule is CCOc1ccccc1-c1cc(-c2ccc(O)cc2)nc(N2CCC(NC(C)=O)C2)c1. The van der Waals surface area contributed by atoms with Crippen molar-refractivity contribution >= 4 is 11.7 Å². The monoisotopic (exact) mass is 417 g/mol. The van der Waals surface area contributed by atoms with Crippen molar-refractivity contribution in [2.24, 2.45) is 0 Å². The van der Waals surface area contributed by atoms with E-state index >= 15 is 0 Å². The van der Waals surface area contributed by atoms with Gasteiger partial charge in [0.1, 0.15) is 17.3 Å². The van der Waals surface area contributed by atoms with Crippen molar-refractivity contribution in [2.75, 3.05) is 24.6 Å². The number of ether oxygens (including phenoxy) is 1. The highest BCUT2D eigenvalue weighted by Gasteiger charge is 2.25. The Labute approximate surface area is 182 Å². The number of hydrogen-bond donors (Lipinski definition) is 2. The number of pyridine rings is 1. The zero-order chi connectivity index (χ0) is 21.8. The van der Waals surface area contributed by atoms with Crippen molar-refractivity contribution in [2.45, 2.75) is 26.3 Å². The average Bonchev–Trinajstić information content (AvgIpc) is 3.22. The number of aromatic hydroxyl groups is 1. The maximum Gasteiger partial charge on any atom is 0.217 e. The van der Waals surface area contributed by atoms with Crippen LogP contribution in [0.2, 0.25) is 0 Å². The number of phenols is 1. The van der Waals surface area contributed by atoms with Gasteiger partial charge in [0.2, 0.25) is 5.91 Å². The Morgan fingerprint density at radius 1 is 1.16 bits per heavy atom. The van der Waals surface area contributed by atoms with Crippen molar-refractivity contribution in [3.8, 4) is 33.9 Å². The lowest BCUT2D eigenvalue weighted by Crippen LogP contribution is -2.35. The highest BCUT2D eigenvalue weighted by atomic mass is 16.5. The first kappa shape index (κ1) is 20.7. The lowest BCUT2D eigenvalue weighted by atomic mass is 10.0. The van der Waals surface area contributed by atoms with Crippen LogP contribution >= 0.6 is 0 Å². The molecule has 0 aliphatic carbocycles. The minimum Gasteiger partial charge on any atom is -0.508 e. The lowest BCUT2D eigenvalue weighted by molar-refractivity contribution is -0.119. The number of anilines is 1. The number of hydrogen-bond acceptors (Lipinski definition) is 5. The highest BCUT2D eigenvalue weighted by molar-refractivity contribution is 5.78. The zero-order valence-electron chi connectivity index (χ0n) is 17.8. The molecule has 0 saturated carbocycles. The second-order valence-corrected chi connectivity index (χ2v) is 7.71. The molecule has 6 nitrogen and oxygen atoms in total. The van der Waals surface area contributed by atoms with E-state index in [1.165, 1.54) is 0 Å². The number of aromatic nitrogens is 1. The number of amides is 1. The van der Waals surface area contributed by atoms with E-state index in [9.17, 15) is 9.90 Å². The number of nitrogens with one attached hydrogen (secondary N) is 1. The average molecular weight is 418 g/mol. The van der Waals surface area contributed by atoms with Gasteiger partial charge in [0.05, 0.1) is 12.3 Å². The maximum atomic E-state index is 11.5. The number of para-hydroxylation sites is 1. The van der Waals surface area contributed by atoms with E-state index in [2.05, 4.69) is 28.4 Å². The van der Waals surface area contributed by atoms with Crippen molar-refractivity contribution in [3.05, 3.63) is 60.7 Å². The Morgan fingerprint density at radius 3 is 2.68 bits per heavy atom. The Balaban J connectivity index is 1.77. The van der Waals surface area contributed by atoms with Crippen LogP contribution in [0.1, 0.15) is 20.3 Å². The molecular formula is C25H27N3O3. The second kappa shape index (κ2) is 9.08. The number of carbonyl (C=O) groups is 1. The van der Waals surface area contributed by atoms with E-state index in [-0.39, 0.29) is 17.7 Å². The van der Waals surface area contributed by atoms with Crippen molar-refractivity contribution in [1.82, 2.24) is 10.3 Å². The topological polar surface area (TPSA) is 74.7 Å². The summed E-state index contributed by atoms with van der Waals surface area (Å²) in [6, 6.07) is 19.3. The highest BCUT2D eigenvalue weighted by Crippen LogP contribution is 2.35. The molecule has 1 fully saturated rings. The molecule has 31 heavy (non-hydrogen) atoms. The molecule has 1 aliphatic rings. The summed E-state index contributed by atoms with van der Waals surface area (Å²) in [5, 5.41) is 12.7. The summed E-state index contributed by atoms with van der Waals surface area (Å²) in [6.45, 7) is 5.66. The fourth-order valence-corrected chi connectivity index (χ4v) is 3.97. The van der Waals surface area contributed by atoms with Gasteiger partial charge < -0.3 is 20.1 Å². The third-order valence-electron chi connectivity index (χ3n) is 5.39. The molecule has 1 saturated heterocycles. The number of phenolic OH excluding ortho intramolecular Hbond substituents is 1. The molecule has 0 spiro atoms. The Kier molecular flexibility index (Phi) is 6.07. The molecule has 0 radical (unpaired) electrons. The van der Waals surface area contributed by atoms with E-state index in [1.54, 1.807) is 19.1 Å². The zero-order valence-corrected chi connectivity index (χ0v) is 17.8. The van der Waals surface area contributed by atoms with E-state index in [1.807, 2.05) is 37.3 Å². The Bertz CT molecular complexity index is 1070. The van der Waals surface area contributed by atoms with Gasteiger partial charge in [0.25, 0.3) is 0 Å². The molecular weight excluding hydrogens is 390 g/mol. The minimum absolute atomic E-state index is 0.0102. The molecule has 3 aromatic rings. The molecule has 2 N–H and O–H groups in total. The molecule has 160 valence electrons. The van der Waals surface area contributed by atoms with E-state index < -0.39 is 0 Å². The van der Waals surface area contributed by atoms with Crippen LogP contribution in [0, 0.1) is 0 Å². The number of carbonyl (C=O) groups excluding carboxylic acids is 1. The molecule has 1 unspecified atom stereocenters. The smallest absolute Gasteiger partial charge is 0.217 e. The molecule has 4 rings (SSSR count). The van der Waals surface area contributed by atoms with Crippen LogP contribution in [0.4, 0.5) is 5.82 Å². The third kappa shape index (κ3) is 4.79. The Morgan fingerprint density at radius 2 is 1.94 bits per heavy atom. The van der Waals surface area contributed by atoms with Crippen molar-refractivity contribution < 1.29 is 14.6 Å². The summed E-state index contributed by atoms with van der Waals surface area (Å²) >= 11 is 0. The predicted molar refractivity (Wildman–Crippen MR) is 122 cm³/mol. The Hall–Kier alpha value is -3.54. The van der Waals surface area contributed by atoms with Crippen LogP contribution in [0.25, 0.3) is 22.4 Å². The van der Waals surface area contributed by atoms with E-state index in [0.29, 0.717) is 6.61 Å². The van der Waals surface area contributed by atoms with Gasteiger partial charge in [-0.25, -0.2) is 4.98 Å². The van der Waals surface area contributed by atoms with Gasteiger partial charge in [0, 0.05) is 37.2 Å². The molecule has 1 aromatic heterocycles. The third-order valence-corrected chi connectivity index (χ3v) is 5.39. The normalized spacial score (nSPS) is 15.7. The fourth-order valence-electron chi connectivity index (χ4n) is 3.97. The molecule has 6 heteroatoms. The van der Waals surface area contributed by atoms with Gasteiger partial charge in [-0.1, -0.05) is 18.2 Å². The first-order valence-electron chi connectivity index (χ1n) is 10.6. The molecule has 0 bridgehead atoms. The summed E-state index contributed by atoms with van der Waals surface area (Å²) in [6.07, 6.45) is 0.884. The summed E-state index contributed by atoms with van der Waals surface area (Å²) < 4.78 is 5.86. The second-order valence-electron chi connectivity index (χ2n) is 7.71. The van der Waals surface area contributed by atoms with Crippen LogP contribution in [-0.2, 0) is 4.79 Å². The van der Waals surface area contributed by atoms with Gasteiger partial charge in [-0.15, -0.1) is 0 Å². The number of nitrogens with zero attached hydrogens (tertiary/aromatic N) is 2. The molecule has 1 atom stereocenters. The summed E-state index contributed by atoms with van der Waals surface area (Å²) in [5.74, 6) is 1.90. The van der Waals surface area contributed by atoms with Crippen LogP contribution in [0.3, 0.4) is 0 Å². The predicted octanol–water partition coefficient (Wildman–Crippen LogP) is 4.23. The first-order chi connectivity index (χ1) is 15.0. The first-order valence-corrected chi connectivity index (χ1v) is 10.6. The van der Waals surface area contributed by atoms with Gasteiger partial charge in [-0.3, -0.25) is 4.79 Å². The largest absolute Gasteiger partial charge is 0.508 e. The quantitative estimate of drug-likeness (QED) is 0.628. The standard InChI is InChI=1S/C25H27N3O3/c1-3-31-24-7-5-4-6-22(24)19-14-23(18-8-10-21(30)11-9-18)27-25(15-19)28-13-12-20(16-28)26-17(2)29/h4-11,14-15,20,30H,3,12-13,16H2,1-2H3,(H,26,29). The summed E-state index contributed by atoms with van der Waals surface area (Å²) in [5.41, 5.74) is 3.76. The minimum atomic E-state index is -0.0102. The van der Waals surface area contributed by atoms with Gasteiger partial charge >= 0.3 is 0 Å². The van der Waals surface area contributed by atoms with E-state index in [0.717, 1.165) is 53.5 Å². The molecule has 2 aromatic carbocycles. The molecule has 1 amide bonds. The summed E-state index contributed by atoms with van der Waals surface area (Å²) in [4.78, 5) is 18.6. The van der Waals surface area contributed by atoms with Crippen LogP contribution in [0.15, 0.2) is 60.7 Å². The van der Waals surface area contributed by atoms with Crippen LogP contribution in [-0.4, -0.2) is 41.7 Å². The van der Waals surface area contributed by atoms with E-state index in [4.69, 9.17) is 9.72 Å².